The summed E-state index contributed by atoms with van der Waals surface area (Å²) >= 11 is 5.87. The Kier molecular flexibility index (Phi) is 4.39. The second-order valence-corrected chi connectivity index (χ2v) is 4.34. The highest BCUT2D eigenvalue weighted by Gasteiger charge is 2.22. The molecule has 0 saturated carbocycles. The van der Waals surface area contributed by atoms with E-state index < -0.39 is 10.9 Å². The molecule has 0 saturated heterocycles. The standard InChI is InChI=1S/C12H10ClN3O5/c1-20-12(17)7-2-9(13)11(16(18)19)10(3-7)14-4-8-5-21-6-15-8/h2-3,5-6,14H,4H2,1H3. The average Bonchev–Trinajstić information content (AvgIpc) is 2.96. The van der Waals surface area contributed by atoms with E-state index in [0.29, 0.717) is 5.69 Å². The van der Waals surface area contributed by atoms with Gasteiger partial charge in [-0.2, -0.15) is 0 Å². The van der Waals surface area contributed by atoms with Gasteiger partial charge >= 0.3 is 11.7 Å². The smallest absolute Gasteiger partial charge is 0.337 e. The van der Waals surface area contributed by atoms with Gasteiger partial charge in [0, 0.05) is 0 Å². The second kappa shape index (κ2) is 6.23. The van der Waals surface area contributed by atoms with E-state index in [4.69, 9.17) is 16.0 Å². The largest absolute Gasteiger partial charge is 0.465 e. The summed E-state index contributed by atoms with van der Waals surface area (Å²) in [5.41, 5.74) is 0.420. The monoisotopic (exact) mass is 311 g/mol. The summed E-state index contributed by atoms with van der Waals surface area (Å²) in [4.78, 5) is 25.9. The maximum absolute atomic E-state index is 11.5. The molecule has 9 heteroatoms. The minimum absolute atomic E-state index is 0.0934. The Hall–Kier alpha value is -2.61. The summed E-state index contributed by atoms with van der Waals surface area (Å²) in [7, 11) is 1.21. The maximum Gasteiger partial charge on any atom is 0.337 e. The minimum atomic E-state index is -0.642. The molecule has 0 spiro atoms. The number of methoxy groups -OCH3 is 1. The number of ether oxygens (including phenoxy) is 1. The first-order valence-corrected chi connectivity index (χ1v) is 6.08. The molecule has 8 nitrogen and oxygen atoms in total. The first-order valence-electron chi connectivity index (χ1n) is 5.70. The summed E-state index contributed by atoms with van der Waals surface area (Å²) < 4.78 is 9.37. The lowest BCUT2D eigenvalue weighted by Gasteiger charge is -2.09. The molecule has 0 aliphatic carbocycles. The van der Waals surface area contributed by atoms with Crippen molar-refractivity contribution in [3.63, 3.8) is 0 Å². The molecule has 1 heterocycles. The molecule has 1 aromatic heterocycles. The van der Waals surface area contributed by atoms with E-state index in [2.05, 4.69) is 15.0 Å². The van der Waals surface area contributed by atoms with Gasteiger partial charge in [0.25, 0.3) is 0 Å². The Balaban J connectivity index is 2.37. The van der Waals surface area contributed by atoms with Gasteiger partial charge in [0.05, 0.1) is 29.8 Å². The number of nitrogens with one attached hydrogen (secondary N) is 1. The average molecular weight is 312 g/mol. The van der Waals surface area contributed by atoms with Crippen LogP contribution in [0.5, 0.6) is 0 Å². The summed E-state index contributed by atoms with van der Waals surface area (Å²) in [6, 6.07) is 2.49. The van der Waals surface area contributed by atoms with Gasteiger partial charge in [-0.05, 0) is 12.1 Å². The van der Waals surface area contributed by atoms with Gasteiger partial charge in [0.2, 0.25) is 0 Å². The van der Waals surface area contributed by atoms with Gasteiger partial charge in [-0.25, -0.2) is 9.78 Å². The van der Waals surface area contributed by atoms with Crippen molar-refractivity contribution in [2.45, 2.75) is 6.54 Å². The predicted molar refractivity (Wildman–Crippen MR) is 73.3 cm³/mol. The molecule has 110 valence electrons. The Morgan fingerprint density at radius 3 is 2.90 bits per heavy atom. The third-order valence-electron chi connectivity index (χ3n) is 2.61. The lowest BCUT2D eigenvalue weighted by molar-refractivity contribution is -0.383. The number of anilines is 1. The molecular weight excluding hydrogens is 302 g/mol. The number of nitro benzene ring substituents is 1. The number of halogens is 1. The number of carbonyl (C=O) groups excluding carboxylic acids is 1. The molecule has 0 fully saturated rings. The SMILES string of the molecule is COC(=O)c1cc(Cl)c([N+](=O)[O-])c(NCc2cocn2)c1. The number of oxazole rings is 1. The normalized spacial score (nSPS) is 10.2. The van der Waals surface area contributed by atoms with Gasteiger partial charge in [0.15, 0.2) is 6.39 Å². The number of nitrogens with zero attached hydrogens (tertiary/aromatic N) is 2. The van der Waals surface area contributed by atoms with Crippen LogP contribution in [0.1, 0.15) is 16.1 Å². The molecule has 0 radical (unpaired) electrons. The molecule has 0 aliphatic heterocycles. The lowest BCUT2D eigenvalue weighted by Crippen LogP contribution is -2.07. The number of nitro groups is 1. The lowest BCUT2D eigenvalue weighted by atomic mass is 10.1. The topological polar surface area (TPSA) is 108 Å². The molecule has 0 atom stereocenters. The fourth-order valence-corrected chi connectivity index (χ4v) is 1.95. The Morgan fingerprint density at radius 2 is 2.33 bits per heavy atom. The van der Waals surface area contributed by atoms with Crippen LogP contribution in [0.2, 0.25) is 5.02 Å². The zero-order valence-corrected chi connectivity index (χ0v) is 11.6. The van der Waals surface area contributed by atoms with E-state index in [-0.39, 0.29) is 28.5 Å². The highest BCUT2D eigenvalue weighted by atomic mass is 35.5. The summed E-state index contributed by atoms with van der Waals surface area (Å²) in [6.45, 7) is 0.179. The molecule has 1 aromatic carbocycles. The van der Waals surface area contributed by atoms with Crippen LogP contribution in [0.3, 0.4) is 0 Å². The quantitative estimate of drug-likeness (QED) is 0.513. The third kappa shape index (κ3) is 3.29. The van der Waals surface area contributed by atoms with Crippen LogP contribution >= 0.6 is 11.6 Å². The maximum atomic E-state index is 11.5. The van der Waals surface area contributed by atoms with E-state index in [1.54, 1.807) is 0 Å². The number of aromatic nitrogens is 1. The Morgan fingerprint density at radius 1 is 1.57 bits per heavy atom. The number of carbonyl (C=O) groups is 1. The van der Waals surface area contributed by atoms with Gasteiger partial charge < -0.3 is 14.5 Å². The molecule has 0 bridgehead atoms. The Labute approximate surface area is 123 Å². The first-order chi connectivity index (χ1) is 10.0. The van der Waals surface area contributed by atoms with Crippen molar-refractivity contribution in [3.8, 4) is 0 Å². The molecule has 0 unspecified atom stereocenters. The predicted octanol–water partition coefficient (Wildman–Crippen LogP) is 2.63. The second-order valence-electron chi connectivity index (χ2n) is 3.94. The van der Waals surface area contributed by atoms with Gasteiger partial charge in [-0.3, -0.25) is 10.1 Å². The van der Waals surface area contributed by atoms with Crippen LogP contribution in [0.4, 0.5) is 11.4 Å². The van der Waals surface area contributed by atoms with Crippen LogP contribution in [0, 0.1) is 10.1 Å². The van der Waals surface area contributed by atoms with Crippen molar-refractivity contribution in [2.75, 3.05) is 12.4 Å². The van der Waals surface area contributed by atoms with Crippen LogP contribution < -0.4 is 5.32 Å². The third-order valence-corrected chi connectivity index (χ3v) is 2.90. The van der Waals surface area contributed by atoms with Gasteiger partial charge in [-0.1, -0.05) is 11.6 Å². The fraction of sp³-hybridized carbons (Fsp3) is 0.167. The molecule has 0 amide bonds. The van der Waals surface area contributed by atoms with Crippen LogP contribution in [0.15, 0.2) is 29.2 Å². The van der Waals surface area contributed by atoms with Crippen molar-refractivity contribution in [1.82, 2.24) is 4.98 Å². The Bertz CT molecular complexity index is 672. The first kappa shape index (κ1) is 14.8. The zero-order chi connectivity index (χ0) is 15.4. The van der Waals surface area contributed by atoms with Crippen molar-refractivity contribution < 1.29 is 18.9 Å². The zero-order valence-electron chi connectivity index (χ0n) is 10.8. The van der Waals surface area contributed by atoms with E-state index in [0.717, 1.165) is 0 Å². The number of benzene rings is 1. The number of rotatable bonds is 5. The fourth-order valence-electron chi connectivity index (χ4n) is 1.67. The van der Waals surface area contributed by atoms with E-state index in [1.807, 2.05) is 0 Å². The van der Waals surface area contributed by atoms with Crippen molar-refractivity contribution in [3.05, 3.63) is 51.2 Å². The van der Waals surface area contributed by atoms with Crippen molar-refractivity contribution >= 4 is 28.9 Å². The summed E-state index contributed by atoms with van der Waals surface area (Å²) in [5, 5.41) is 13.7. The highest BCUT2D eigenvalue weighted by Crippen LogP contribution is 2.34. The molecule has 2 rings (SSSR count). The van der Waals surface area contributed by atoms with E-state index in [1.165, 1.54) is 31.9 Å². The number of hydrogen-bond acceptors (Lipinski definition) is 7. The molecule has 1 N–H and O–H groups in total. The van der Waals surface area contributed by atoms with Gasteiger partial charge in [-0.15, -0.1) is 0 Å². The molecule has 21 heavy (non-hydrogen) atoms. The molecular formula is C12H10ClN3O5. The van der Waals surface area contributed by atoms with Gasteiger partial charge in [0.1, 0.15) is 17.0 Å². The molecule has 0 aliphatic rings. The van der Waals surface area contributed by atoms with Crippen molar-refractivity contribution in [2.24, 2.45) is 0 Å². The van der Waals surface area contributed by atoms with Crippen LogP contribution in [0.25, 0.3) is 0 Å². The molecule has 2 aromatic rings. The summed E-state index contributed by atoms with van der Waals surface area (Å²) in [6.07, 6.45) is 2.63. The number of hydrogen-bond donors (Lipinski definition) is 1. The highest BCUT2D eigenvalue weighted by molar-refractivity contribution is 6.33. The minimum Gasteiger partial charge on any atom is -0.465 e. The van der Waals surface area contributed by atoms with Crippen LogP contribution in [-0.4, -0.2) is 23.0 Å². The van der Waals surface area contributed by atoms with Crippen LogP contribution in [-0.2, 0) is 11.3 Å². The van der Waals surface area contributed by atoms with E-state index in [9.17, 15) is 14.9 Å². The number of esters is 1. The summed E-state index contributed by atoms with van der Waals surface area (Å²) in [5.74, 6) is -0.642. The van der Waals surface area contributed by atoms with E-state index >= 15 is 0 Å². The van der Waals surface area contributed by atoms with Crippen molar-refractivity contribution in [1.29, 1.82) is 0 Å².